The van der Waals surface area contributed by atoms with Crippen LogP contribution in [0.4, 0.5) is 0 Å². The summed E-state index contributed by atoms with van der Waals surface area (Å²) >= 11 is 0. The topological polar surface area (TPSA) is 99.4 Å². The number of aliphatic hydroxyl groups excluding tert-OH is 4. The van der Waals surface area contributed by atoms with Gasteiger partial charge in [-0.05, 0) is 18.4 Å². The molecular weight excluding hydrogens is 312 g/mol. The molecule has 0 aromatic heterocycles. The lowest BCUT2D eigenvalue weighted by Gasteiger charge is -2.42. The Morgan fingerprint density at radius 3 is 2.38 bits per heavy atom. The van der Waals surface area contributed by atoms with Crippen LogP contribution in [0, 0.1) is 0 Å². The number of rotatable bonds is 4. The third-order valence-corrected chi connectivity index (χ3v) is 5.09. The van der Waals surface area contributed by atoms with Gasteiger partial charge in [0.1, 0.15) is 24.4 Å². The first-order chi connectivity index (χ1) is 11.6. The van der Waals surface area contributed by atoms with Crippen molar-refractivity contribution in [3.63, 3.8) is 0 Å². The number of ether oxygens (including phenoxy) is 2. The molecule has 6 nitrogen and oxygen atoms in total. The minimum atomic E-state index is -1.40. The molecule has 4 N–H and O–H groups in total. The lowest BCUT2D eigenvalue weighted by molar-refractivity contribution is -0.314. The van der Waals surface area contributed by atoms with E-state index in [0.29, 0.717) is 0 Å². The van der Waals surface area contributed by atoms with E-state index in [-0.39, 0.29) is 12.0 Å². The van der Waals surface area contributed by atoms with E-state index in [4.69, 9.17) is 9.47 Å². The van der Waals surface area contributed by atoms with Gasteiger partial charge in [0.15, 0.2) is 6.29 Å². The van der Waals surface area contributed by atoms with Crippen LogP contribution >= 0.6 is 0 Å². The highest BCUT2D eigenvalue weighted by atomic mass is 16.7. The van der Waals surface area contributed by atoms with Gasteiger partial charge in [-0.25, -0.2) is 0 Å². The summed E-state index contributed by atoms with van der Waals surface area (Å²) in [6.07, 6.45) is -2.26. The van der Waals surface area contributed by atoms with Gasteiger partial charge < -0.3 is 29.9 Å². The molecule has 0 radical (unpaired) electrons. The molecule has 7 atom stereocenters. The second kappa shape index (κ2) is 7.91. The van der Waals surface area contributed by atoms with Gasteiger partial charge in [0, 0.05) is 5.92 Å². The van der Waals surface area contributed by atoms with Gasteiger partial charge in [-0.2, -0.15) is 0 Å². The minimum Gasteiger partial charge on any atom is -0.394 e. The summed E-state index contributed by atoms with van der Waals surface area (Å²) in [5, 5.41) is 39.2. The average Bonchev–Trinajstić information content (AvgIpc) is 2.63. The van der Waals surface area contributed by atoms with Crippen molar-refractivity contribution in [2.75, 3.05) is 6.61 Å². The molecule has 1 saturated heterocycles. The molecule has 1 aromatic carbocycles. The van der Waals surface area contributed by atoms with E-state index in [1.54, 1.807) is 0 Å². The van der Waals surface area contributed by atoms with E-state index in [1.807, 2.05) is 18.2 Å². The Hall–Kier alpha value is -1.02. The Balaban J connectivity index is 1.72. The van der Waals surface area contributed by atoms with Gasteiger partial charge in [0.05, 0.1) is 12.7 Å². The quantitative estimate of drug-likeness (QED) is 0.639. The molecule has 6 heteroatoms. The van der Waals surface area contributed by atoms with E-state index in [9.17, 15) is 20.4 Å². The first kappa shape index (κ1) is 17.8. The van der Waals surface area contributed by atoms with Crippen LogP contribution < -0.4 is 0 Å². The molecule has 0 amide bonds. The fourth-order valence-electron chi connectivity index (χ4n) is 3.69. The second-order valence-electron chi connectivity index (χ2n) is 6.67. The Bertz CT molecular complexity index is 507. The van der Waals surface area contributed by atoms with Gasteiger partial charge in [-0.1, -0.05) is 43.2 Å². The van der Waals surface area contributed by atoms with Crippen molar-refractivity contribution < 1.29 is 29.9 Å². The van der Waals surface area contributed by atoms with Crippen molar-refractivity contribution >= 4 is 0 Å². The molecule has 1 aliphatic heterocycles. The lowest BCUT2D eigenvalue weighted by Crippen LogP contribution is -2.60. The molecule has 1 aromatic rings. The van der Waals surface area contributed by atoms with Gasteiger partial charge >= 0.3 is 0 Å². The molecule has 3 rings (SSSR count). The molecule has 2 fully saturated rings. The zero-order valence-corrected chi connectivity index (χ0v) is 13.6. The highest BCUT2D eigenvalue weighted by Gasteiger charge is 2.45. The number of benzene rings is 1. The monoisotopic (exact) mass is 338 g/mol. The SMILES string of the molecule is OC[C@H]1O[C@@H](O[C@@H]2CCCC[C@H]2c2ccccc2)[C@H](O)[C@@H](O)[C@@H]1O. The lowest BCUT2D eigenvalue weighted by atomic mass is 9.81. The average molecular weight is 338 g/mol. The summed E-state index contributed by atoms with van der Waals surface area (Å²) in [6, 6.07) is 10.1. The maximum absolute atomic E-state index is 10.2. The summed E-state index contributed by atoms with van der Waals surface area (Å²) in [5.41, 5.74) is 1.19. The van der Waals surface area contributed by atoms with Crippen molar-refractivity contribution in [1.82, 2.24) is 0 Å². The largest absolute Gasteiger partial charge is 0.394 e. The van der Waals surface area contributed by atoms with Crippen LogP contribution in [-0.2, 0) is 9.47 Å². The van der Waals surface area contributed by atoms with E-state index in [2.05, 4.69) is 12.1 Å². The Morgan fingerprint density at radius 2 is 1.67 bits per heavy atom. The highest BCUT2D eigenvalue weighted by molar-refractivity contribution is 5.21. The molecule has 134 valence electrons. The molecule has 2 aliphatic rings. The highest BCUT2D eigenvalue weighted by Crippen LogP contribution is 2.37. The zero-order chi connectivity index (χ0) is 17.1. The van der Waals surface area contributed by atoms with Crippen LogP contribution in [-0.4, -0.2) is 63.8 Å². The fourth-order valence-corrected chi connectivity index (χ4v) is 3.69. The summed E-state index contributed by atoms with van der Waals surface area (Å²) in [5.74, 6) is 0.201. The normalized spacial score (nSPS) is 40.4. The molecular formula is C18H26O6. The van der Waals surface area contributed by atoms with Crippen LogP contribution in [0.15, 0.2) is 30.3 Å². The third kappa shape index (κ3) is 3.64. The van der Waals surface area contributed by atoms with E-state index < -0.39 is 37.3 Å². The molecule has 0 spiro atoms. The molecule has 1 heterocycles. The summed E-state index contributed by atoms with van der Waals surface area (Å²) in [7, 11) is 0. The van der Waals surface area contributed by atoms with Crippen molar-refractivity contribution in [1.29, 1.82) is 0 Å². The van der Waals surface area contributed by atoms with Gasteiger partial charge in [0.2, 0.25) is 0 Å². The molecule has 0 bridgehead atoms. The Morgan fingerprint density at radius 1 is 0.958 bits per heavy atom. The minimum absolute atomic E-state index is 0.136. The molecule has 1 aliphatic carbocycles. The fraction of sp³-hybridized carbons (Fsp3) is 0.667. The molecule has 24 heavy (non-hydrogen) atoms. The number of hydrogen-bond donors (Lipinski definition) is 4. The van der Waals surface area contributed by atoms with Crippen LogP contribution in [0.3, 0.4) is 0 Å². The van der Waals surface area contributed by atoms with Crippen LogP contribution in [0.1, 0.15) is 37.2 Å². The van der Waals surface area contributed by atoms with Crippen LogP contribution in [0.5, 0.6) is 0 Å². The first-order valence-electron chi connectivity index (χ1n) is 8.62. The van der Waals surface area contributed by atoms with Crippen molar-refractivity contribution in [3.05, 3.63) is 35.9 Å². The van der Waals surface area contributed by atoms with Gasteiger partial charge in [0.25, 0.3) is 0 Å². The van der Waals surface area contributed by atoms with Gasteiger partial charge in [-0.3, -0.25) is 0 Å². The smallest absolute Gasteiger partial charge is 0.186 e. The summed E-state index contributed by atoms with van der Waals surface area (Å²) in [6.45, 7) is -0.447. The maximum atomic E-state index is 10.2. The maximum Gasteiger partial charge on any atom is 0.186 e. The second-order valence-corrected chi connectivity index (χ2v) is 6.67. The Kier molecular flexibility index (Phi) is 5.86. The predicted octanol–water partition coefficient (Wildman–Crippen LogP) is 0.529. The first-order valence-corrected chi connectivity index (χ1v) is 8.62. The molecule has 1 saturated carbocycles. The van der Waals surface area contributed by atoms with E-state index in [0.717, 1.165) is 25.7 Å². The predicted molar refractivity (Wildman–Crippen MR) is 86.3 cm³/mol. The zero-order valence-electron chi connectivity index (χ0n) is 13.6. The summed E-state index contributed by atoms with van der Waals surface area (Å²) in [4.78, 5) is 0. The van der Waals surface area contributed by atoms with E-state index in [1.165, 1.54) is 5.56 Å². The van der Waals surface area contributed by atoms with Crippen LogP contribution in [0.25, 0.3) is 0 Å². The van der Waals surface area contributed by atoms with E-state index >= 15 is 0 Å². The Labute approximate surface area is 141 Å². The molecule has 0 unspecified atom stereocenters. The third-order valence-electron chi connectivity index (χ3n) is 5.09. The van der Waals surface area contributed by atoms with Crippen molar-refractivity contribution in [3.8, 4) is 0 Å². The number of aliphatic hydroxyl groups is 4. The van der Waals surface area contributed by atoms with Crippen LogP contribution in [0.2, 0.25) is 0 Å². The summed E-state index contributed by atoms with van der Waals surface area (Å²) < 4.78 is 11.5. The standard InChI is InChI=1S/C18H26O6/c19-10-14-15(20)16(21)17(22)18(24-14)23-13-9-5-4-8-12(13)11-6-2-1-3-7-11/h1-3,6-7,12-22H,4-5,8-10H2/t12-,13+,14+,15+,16-,17+,18+/m0/s1. The number of hydrogen-bond acceptors (Lipinski definition) is 6. The van der Waals surface area contributed by atoms with Gasteiger partial charge in [-0.15, -0.1) is 0 Å². The van der Waals surface area contributed by atoms with Crippen molar-refractivity contribution in [2.45, 2.75) is 68.4 Å². The van der Waals surface area contributed by atoms with Crippen molar-refractivity contribution in [2.24, 2.45) is 0 Å².